The molecular weight excluding hydrogens is 322 g/mol. The molecule has 1 aliphatic rings. The van der Waals surface area contributed by atoms with Crippen LogP contribution >= 0.6 is 0 Å². The molecule has 0 aliphatic heterocycles. The molecule has 2 aromatic carbocycles. The number of carbonyl (C=O) groups is 1. The first-order chi connectivity index (χ1) is 12.1. The van der Waals surface area contributed by atoms with Crippen LogP contribution in [0.2, 0.25) is 0 Å². The van der Waals surface area contributed by atoms with Crippen LogP contribution in [0.1, 0.15) is 24.0 Å². The zero-order valence-corrected chi connectivity index (χ0v) is 14.1. The zero-order valence-electron chi connectivity index (χ0n) is 14.1. The van der Waals surface area contributed by atoms with Gasteiger partial charge in [-0.3, -0.25) is 4.79 Å². The summed E-state index contributed by atoms with van der Waals surface area (Å²) in [6.45, 7) is 1.53. The molecule has 1 unspecified atom stereocenters. The Morgan fingerprint density at radius 3 is 2.48 bits per heavy atom. The molecule has 1 atom stereocenters. The largest absolute Gasteiger partial charge is 0.351 e. The molecule has 0 bridgehead atoms. The molecule has 2 aromatic rings. The number of hydrogen-bond acceptors (Lipinski definition) is 1. The van der Waals surface area contributed by atoms with Crippen LogP contribution in [0, 0.1) is 11.6 Å². The van der Waals surface area contributed by atoms with Gasteiger partial charge < -0.3 is 10.2 Å². The van der Waals surface area contributed by atoms with E-state index in [9.17, 15) is 13.6 Å². The van der Waals surface area contributed by atoms with Crippen LogP contribution in [0.15, 0.2) is 48.5 Å². The third-order valence-corrected chi connectivity index (χ3v) is 4.56. The third-order valence-electron chi connectivity index (χ3n) is 4.56. The van der Waals surface area contributed by atoms with Gasteiger partial charge in [0.2, 0.25) is 0 Å². The molecule has 25 heavy (non-hydrogen) atoms. The van der Waals surface area contributed by atoms with Gasteiger partial charge in [-0.05, 0) is 30.2 Å². The minimum absolute atomic E-state index is 0.0275. The van der Waals surface area contributed by atoms with Crippen LogP contribution in [0.4, 0.5) is 8.78 Å². The maximum absolute atomic E-state index is 13.6. The summed E-state index contributed by atoms with van der Waals surface area (Å²) in [5, 5.41) is 2.88. The highest BCUT2D eigenvalue weighted by atomic mass is 19.1. The van der Waals surface area contributed by atoms with Crippen LogP contribution in [0.3, 0.4) is 0 Å². The fraction of sp³-hybridized carbons (Fsp3) is 0.350. The van der Waals surface area contributed by atoms with Crippen LogP contribution in [0.25, 0.3) is 0 Å². The van der Waals surface area contributed by atoms with Crippen molar-refractivity contribution < 1.29 is 18.5 Å². The first kappa shape index (κ1) is 17.5. The summed E-state index contributed by atoms with van der Waals surface area (Å²) < 4.78 is 26.6. The predicted octanol–water partition coefficient (Wildman–Crippen LogP) is 1.87. The van der Waals surface area contributed by atoms with E-state index in [1.165, 1.54) is 23.1 Å². The van der Waals surface area contributed by atoms with Crippen molar-refractivity contribution in [3.8, 4) is 0 Å². The number of halogens is 2. The van der Waals surface area contributed by atoms with E-state index >= 15 is 0 Å². The Labute approximate surface area is 146 Å². The highest BCUT2D eigenvalue weighted by Crippen LogP contribution is 2.15. The molecule has 0 spiro atoms. The van der Waals surface area contributed by atoms with Crippen LogP contribution in [0.5, 0.6) is 0 Å². The Hall–Kier alpha value is -2.27. The van der Waals surface area contributed by atoms with Crippen molar-refractivity contribution in [1.29, 1.82) is 0 Å². The number of benzene rings is 2. The molecule has 0 saturated heterocycles. The number of amides is 1. The average Bonchev–Trinajstić information content (AvgIpc) is 3.43. The number of carbonyl (C=O) groups excluding carboxylic acids is 1. The fourth-order valence-corrected chi connectivity index (χ4v) is 3.01. The normalized spacial score (nSPS) is 15.0. The quantitative estimate of drug-likeness (QED) is 0.752. The van der Waals surface area contributed by atoms with Crippen molar-refractivity contribution in [2.45, 2.75) is 31.8 Å². The fourth-order valence-electron chi connectivity index (χ4n) is 3.01. The van der Waals surface area contributed by atoms with Gasteiger partial charge in [-0.15, -0.1) is 0 Å². The van der Waals surface area contributed by atoms with Crippen molar-refractivity contribution in [1.82, 2.24) is 5.32 Å². The molecule has 3 nitrogen and oxygen atoms in total. The highest BCUT2D eigenvalue weighted by molar-refractivity contribution is 5.76. The first-order valence-electron chi connectivity index (χ1n) is 8.71. The lowest BCUT2D eigenvalue weighted by atomic mass is 10.1. The molecular formula is C20H23F2N2O+. The zero-order chi connectivity index (χ0) is 17.6. The maximum atomic E-state index is 13.6. The van der Waals surface area contributed by atoms with Gasteiger partial charge in [0.25, 0.3) is 5.91 Å². The van der Waals surface area contributed by atoms with Gasteiger partial charge in [-0.25, -0.2) is 8.78 Å². The van der Waals surface area contributed by atoms with E-state index in [4.69, 9.17) is 0 Å². The Kier molecular flexibility index (Phi) is 5.76. The number of nitrogens with one attached hydrogen (secondary N) is 2. The van der Waals surface area contributed by atoms with Crippen LogP contribution in [-0.4, -0.2) is 25.0 Å². The van der Waals surface area contributed by atoms with E-state index in [0.29, 0.717) is 37.7 Å². The van der Waals surface area contributed by atoms with Crippen molar-refractivity contribution >= 4 is 5.91 Å². The summed E-state index contributed by atoms with van der Waals surface area (Å²) in [4.78, 5) is 13.4. The van der Waals surface area contributed by atoms with Gasteiger partial charge in [-0.2, -0.15) is 0 Å². The topological polar surface area (TPSA) is 33.5 Å². The van der Waals surface area contributed by atoms with Crippen LogP contribution in [-0.2, 0) is 17.8 Å². The molecule has 2 N–H and O–H groups in total. The minimum Gasteiger partial charge on any atom is -0.351 e. The summed E-state index contributed by atoms with van der Waals surface area (Å²) in [5.41, 5.74) is 1.64. The first-order valence-corrected chi connectivity index (χ1v) is 8.71. The predicted molar refractivity (Wildman–Crippen MR) is 92.1 cm³/mol. The van der Waals surface area contributed by atoms with Gasteiger partial charge >= 0.3 is 0 Å². The van der Waals surface area contributed by atoms with E-state index < -0.39 is 0 Å². The minimum atomic E-state index is -0.248. The van der Waals surface area contributed by atoms with Crippen LogP contribution < -0.4 is 10.2 Å². The lowest BCUT2D eigenvalue weighted by molar-refractivity contribution is -0.917. The van der Waals surface area contributed by atoms with E-state index in [-0.39, 0.29) is 17.5 Å². The summed E-state index contributed by atoms with van der Waals surface area (Å²) in [6, 6.07) is 13.6. The number of quaternary nitrogens is 1. The summed E-state index contributed by atoms with van der Waals surface area (Å²) in [7, 11) is 0. The highest BCUT2D eigenvalue weighted by Gasteiger charge is 2.34. The molecule has 1 saturated carbocycles. The molecule has 1 amide bonds. The number of rotatable bonds is 8. The standard InChI is InChI=1S/C20H22F2N2O/c21-17-7-5-15(6-8-17)13-24(18-9-10-18)14-20(25)23-12-11-16-3-1-2-4-19(16)22/h1-8,18H,9-14H2,(H,23,25)/p+1. The second kappa shape index (κ2) is 8.21. The van der Waals surface area contributed by atoms with Crippen molar-refractivity contribution in [3.05, 3.63) is 71.3 Å². The van der Waals surface area contributed by atoms with E-state index in [2.05, 4.69) is 5.32 Å². The molecule has 132 valence electrons. The van der Waals surface area contributed by atoms with E-state index in [0.717, 1.165) is 18.4 Å². The summed E-state index contributed by atoms with van der Waals surface area (Å²) >= 11 is 0. The lowest BCUT2D eigenvalue weighted by Crippen LogP contribution is -3.13. The second-order valence-electron chi connectivity index (χ2n) is 6.60. The van der Waals surface area contributed by atoms with Crippen molar-refractivity contribution in [3.63, 3.8) is 0 Å². The monoisotopic (exact) mass is 345 g/mol. The Morgan fingerprint density at radius 2 is 1.80 bits per heavy atom. The molecule has 3 rings (SSSR count). The van der Waals surface area contributed by atoms with Crippen molar-refractivity contribution in [2.24, 2.45) is 0 Å². The molecule has 1 aliphatic carbocycles. The molecule has 1 fully saturated rings. The van der Waals surface area contributed by atoms with Gasteiger partial charge in [-0.1, -0.05) is 30.3 Å². The van der Waals surface area contributed by atoms with Gasteiger partial charge in [0.05, 0.1) is 6.04 Å². The molecule has 0 heterocycles. The third kappa shape index (κ3) is 5.36. The Morgan fingerprint density at radius 1 is 1.08 bits per heavy atom. The van der Waals surface area contributed by atoms with Gasteiger partial charge in [0.15, 0.2) is 6.54 Å². The molecule has 0 aromatic heterocycles. The van der Waals surface area contributed by atoms with Gasteiger partial charge in [0, 0.05) is 24.9 Å². The van der Waals surface area contributed by atoms with Crippen molar-refractivity contribution in [2.75, 3.05) is 13.1 Å². The van der Waals surface area contributed by atoms with Gasteiger partial charge in [0.1, 0.15) is 18.2 Å². The number of hydrogen-bond donors (Lipinski definition) is 2. The Bertz CT molecular complexity index is 714. The summed E-state index contributed by atoms with van der Waals surface area (Å²) in [5.74, 6) is -0.513. The lowest BCUT2D eigenvalue weighted by Gasteiger charge is -2.19. The van der Waals surface area contributed by atoms with E-state index in [1.54, 1.807) is 30.3 Å². The maximum Gasteiger partial charge on any atom is 0.275 e. The Balaban J connectivity index is 1.48. The van der Waals surface area contributed by atoms with E-state index in [1.807, 2.05) is 0 Å². The molecule has 0 radical (unpaired) electrons. The SMILES string of the molecule is O=C(C[NH+](Cc1ccc(F)cc1)C1CC1)NCCc1ccccc1F. The molecule has 5 heteroatoms. The average molecular weight is 345 g/mol. The second-order valence-corrected chi connectivity index (χ2v) is 6.60. The summed E-state index contributed by atoms with van der Waals surface area (Å²) in [6.07, 6.45) is 2.73. The smallest absolute Gasteiger partial charge is 0.275 e.